The molecule has 0 heterocycles. The molecule has 2 N–H and O–H groups in total. The molecule has 1 unspecified atom stereocenters. The van der Waals surface area contributed by atoms with Crippen LogP contribution in [0.15, 0.2) is 48.5 Å². The van der Waals surface area contributed by atoms with Gasteiger partial charge in [-0.3, -0.25) is 0 Å². The summed E-state index contributed by atoms with van der Waals surface area (Å²) in [7, 11) is 0. The van der Waals surface area contributed by atoms with E-state index in [-0.39, 0.29) is 25.7 Å². The molecule has 29 heavy (non-hydrogen) atoms. The van der Waals surface area contributed by atoms with Crippen molar-refractivity contribution in [1.29, 1.82) is 5.26 Å². The summed E-state index contributed by atoms with van der Waals surface area (Å²) in [6.07, 6.45) is -1.43. The Hall–Kier alpha value is -3.37. The average molecular weight is 396 g/mol. The maximum Gasteiger partial charge on any atom is 0.407 e. The quantitative estimate of drug-likeness (QED) is 0.672. The number of hydrogen-bond donors (Lipinski definition) is 2. The first-order chi connectivity index (χ1) is 13.9. The van der Waals surface area contributed by atoms with Gasteiger partial charge in [0.2, 0.25) is 0 Å². The van der Waals surface area contributed by atoms with E-state index in [0.717, 1.165) is 16.7 Å². The number of hydrogen-bond acceptors (Lipinski definition) is 5. The number of benzene rings is 2. The normalized spacial score (nSPS) is 11.5. The Labute approximate surface area is 169 Å². The fourth-order valence-corrected chi connectivity index (χ4v) is 2.65. The second-order valence-corrected chi connectivity index (χ2v) is 6.77. The van der Waals surface area contributed by atoms with E-state index in [9.17, 15) is 14.7 Å². The maximum atomic E-state index is 11.9. The minimum atomic E-state index is -1.01. The second kappa shape index (κ2) is 10.8. The van der Waals surface area contributed by atoms with Crippen LogP contribution in [0.25, 0.3) is 0 Å². The molecule has 152 valence electrons. The molecule has 2 aromatic carbocycles. The second-order valence-electron chi connectivity index (χ2n) is 6.77. The van der Waals surface area contributed by atoms with Crippen LogP contribution in [-0.4, -0.2) is 29.4 Å². The summed E-state index contributed by atoms with van der Waals surface area (Å²) in [5.74, 6) is -1.01. The molecule has 1 amide bonds. The molecule has 1 atom stereocenters. The van der Waals surface area contributed by atoms with Crippen molar-refractivity contribution in [2.45, 2.75) is 45.6 Å². The molecule has 0 aliphatic rings. The van der Waals surface area contributed by atoms with Crippen molar-refractivity contribution in [3.8, 4) is 6.07 Å². The van der Waals surface area contributed by atoms with E-state index in [2.05, 4.69) is 5.32 Å². The highest BCUT2D eigenvalue weighted by atomic mass is 16.5. The van der Waals surface area contributed by atoms with Gasteiger partial charge in [0, 0.05) is 13.0 Å². The maximum absolute atomic E-state index is 11.9. The summed E-state index contributed by atoms with van der Waals surface area (Å²) in [5.41, 5.74) is 2.96. The fraction of sp³-hybridized carbons (Fsp3) is 0.318. The van der Waals surface area contributed by atoms with Gasteiger partial charge in [0.25, 0.3) is 0 Å². The zero-order chi connectivity index (χ0) is 21.2. The molecule has 7 heteroatoms. The number of amides is 1. The third-order valence-corrected chi connectivity index (χ3v) is 4.01. The summed E-state index contributed by atoms with van der Waals surface area (Å²) < 4.78 is 10.6. The number of carbonyl (C=O) groups is 2. The lowest BCUT2D eigenvalue weighted by Gasteiger charge is -2.17. The predicted octanol–water partition coefficient (Wildman–Crippen LogP) is 3.41. The third kappa shape index (κ3) is 7.64. The highest BCUT2D eigenvalue weighted by Gasteiger charge is 2.20. The van der Waals surface area contributed by atoms with Gasteiger partial charge in [-0.05, 0) is 42.7 Å². The first kappa shape index (κ1) is 21.9. The average Bonchev–Trinajstić information content (AvgIpc) is 2.70. The zero-order valence-corrected chi connectivity index (χ0v) is 16.4. The van der Waals surface area contributed by atoms with Crippen LogP contribution in [0.4, 0.5) is 4.79 Å². The Bertz CT molecular complexity index is 872. The number of ether oxygens (including phenoxy) is 2. The Morgan fingerprint density at radius 1 is 1.10 bits per heavy atom. The van der Waals surface area contributed by atoms with Gasteiger partial charge in [0.05, 0.1) is 17.7 Å². The van der Waals surface area contributed by atoms with Crippen LogP contribution in [0.2, 0.25) is 0 Å². The largest absolute Gasteiger partial charge is 0.479 e. The molecular weight excluding hydrogens is 372 g/mol. The van der Waals surface area contributed by atoms with Crippen LogP contribution in [-0.2, 0) is 33.8 Å². The Kier molecular flexibility index (Phi) is 8.19. The monoisotopic (exact) mass is 396 g/mol. The van der Waals surface area contributed by atoms with E-state index in [0.29, 0.717) is 5.56 Å². The number of carboxylic acid groups (broad SMARTS) is 1. The van der Waals surface area contributed by atoms with Crippen LogP contribution in [0.1, 0.15) is 36.1 Å². The minimum absolute atomic E-state index is 0.102. The first-order valence-corrected chi connectivity index (χ1v) is 9.23. The number of rotatable bonds is 9. The van der Waals surface area contributed by atoms with Gasteiger partial charge in [-0.1, -0.05) is 36.4 Å². The molecule has 0 aliphatic carbocycles. The summed E-state index contributed by atoms with van der Waals surface area (Å²) >= 11 is 0. The van der Waals surface area contributed by atoms with Crippen molar-refractivity contribution in [1.82, 2.24) is 5.32 Å². The third-order valence-electron chi connectivity index (χ3n) is 4.01. The van der Waals surface area contributed by atoms with Crippen molar-refractivity contribution in [3.63, 3.8) is 0 Å². The Morgan fingerprint density at radius 2 is 1.79 bits per heavy atom. The first-order valence-electron chi connectivity index (χ1n) is 9.23. The van der Waals surface area contributed by atoms with Gasteiger partial charge in [-0.25, -0.2) is 9.59 Å². The standard InChI is InChI=1S/C22H24N2O5/c1-15(2)29-20(21(25)26)11-18-4-3-5-19(10-18)13-24-22(27)28-14-17-8-6-16(12-23)7-9-17/h3-10,15,20H,11,13-14H2,1-2H3,(H,24,27)(H,25,26). The van der Waals surface area contributed by atoms with Crippen molar-refractivity contribution in [2.75, 3.05) is 0 Å². The van der Waals surface area contributed by atoms with Gasteiger partial charge >= 0.3 is 12.1 Å². The Balaban J connectivity index is 1.85. The van der Waals surface area contributed by atoms with Gasteiger partial charge in [-0.2, -0.15) is 5.26 Å². The van der Waals surface area contributed by atoms with E-state index >= 15 is 0 Å². The van der Waals surface area contributed by atoms with E-state index < -0.39 is 18.2 Å². The molecule has 2 aromatic rings. The number of carboxylic acids is 1. The molecule has 0 bridgehead atoms. The van der Waals surface area contributed by atoms with Crippen molar-refractivity contribution < 1.29 is 24.2 Å². The number of nitriles is 1. The number of carbonyl (C=O) groups excluding carboxylic acids is 1. The molecule has 2 rings (SSSR count). The molecule has 0 aliphatic heterocycles. The topological polar surface area (TPSA) is 109 Å². The minimum Gasteiger partial charge on any atom is -0.479 e. The van der Waals surface area contributed by atoms with Crippen molar-refractivity contribution in [3.05, 3.63) is 70.8 Å². The highest BCUT2D eigenvalue weighted by molar-refractivity contribution is 5.72. The lowest BCUT2D eigenvalue weighted by atomic mass is 10.0. The number of nitrogens with one attached hydrogen (secondary N) is 1. The molecule has 0 fully saturated rings. The summed E-state index contributed by atoms with van der Waals surface area (Å²) in [4.78, 5) is 23.3. The number of aliphatic carboxylic acids is 1. The van der Waals surface area contributed by atoms with Crippen LogP contribution in [0.3, 0.4) is 0 Å². The summed E-state index contributed by atoms with van der Waals surface area (Å²) in [5, 5.41) is 20.7. The molecule has 0 aromatic heterocycles. The molecule has 0 radical (unpaired) electrons. The number of alkyl carbamates (subject to hydrolysis) is 1. The lowest BCUT2D eigenvalue weighted by molar-refractivity contribution is -0.153. The van der Waals surface area contributed by atoms with Gasteiger partial charge < -0.3 is 19.9 Å². The molecule has 7 nitrogen and oxygen atoms in total. The smallest absolute Gasteiger partial charge is 0.407 e. The van der Waals surface area contributed by atoms with Crippen LogP contribution >= 0.6 is 0 Å². The predicted molar refractivity (Wildman–Crippen MR) is 106 cm³/mol. The van der Waals surface area contributed by atoms with Gasteiger partial charge in [0.1, 0.15) is 6.61 Å². The molecule has 0 saturated heterocycles. The van der Waals surface area contributed by atoms with Gasteiger partial charge in [-0.15, -0.1) is 0 Å². The van der Waals surface area contributed by atoms with E-state index in [1.165, 1.54) is 0 Å². The van der Waals surface area contributed by atoms with Crippen molar-refractivity contribution in [2.24, 2.45) is 0 Å². The van der Waals surface area contributed by atoms with E-state index in [1.807, 2.05) is 30.3 Å². The summed E-state index contributed by atoms with van der Waals surface area (Å²) in [6.45, 7) is 3.94. The van der Waals surface area contributed by atoms with E-state index in [4.69, 9.17) is 14.7 Å². The number of nitrogens with zero attached hydrogens (tertiary/aromatic N) is 1. The fourth-order valence-electron chi connectivity index (χ4n) is 2.65. The van der Waals surface area contributed by atoms with Crippen molar-refractivity contribution >= 4 is 12.1 Å². The molecule has 0 saturated carbocycles. The van der Waals surface area contributed by atoms with Crippen LogP contribution < -0.4 is 5.32 Å². The lowest BCUT2D eigenvalue weighted by Crippen LogP contribution is -2.29. The summed E-state index contributed by atoms with van der Waals surface area (Å²) in [6, 6.07) is 16.1. The van der Waals surface area contributed by atoms with Crippen LogP contribution in [0, 0.1) is 11.3 Å². The van der Waals surface area contributed by atoms with Crippen LogP contribution in [0.5, 0.6) is 0 Å². The SMILES string of the molecule is CC(C)OC(Cc1cccc(CNC(=O)OCc2ccc(C#N)cc2)c1)C(=O)O. The zero-order valence-electron chi connectivity index (χ0n) is 16.4. The highest BCUT2D eigenvalue weighted by Crippen LogP contribution is 2.12. The molecule has 0 spiro atoms. The van der Waals surface area contributed by atoms with E-state index in [1.54, 1.807) is 38.1 Å². The van der Waals surface area contributed by atoms with Gasteiger partial charge in [0.15, 0.2) is 6.10 Å². The Morgan fingerprint density at radius 3 is 2.41 bits per heavy atom. The molecular formula is C22H24N2O5.